The number of aromatic nitrogens is 2. The van der Waals surface area contributed by atoms with Crippen LogP contribution in [0.25, 0.3) is 5.57 Å². The monoisotopic (exact) mass is 221 g/mol. The highest BCUT2D eigenvalue weighted by Crippen LogP contribution is 2.21. The van der Waals surface area contributed by atoms with Crippen molar-refractivity contribution < 1.29 is 0 Å². The SMILES string of the molecule is CC.CCC/C=C(/C)c1c(C)ncnc1N. The Bertz CT molecular complexity index is 323. The van der Waals surface area contributed by atoms with Crippen molar-refractivity contribution in [3.05, 3.63) is 23.7 Å². The van der Waals surface area contributed by atoms with E-state index >= 15 is 0 Å². The van der Waals surface area contributed by atoms with Gasteiger partial charge >= 0.3 is 0 Å². The quantitative estimate of drug-likeness (QED) is 0.848. The van der Waals surface area contributed by atoms with Gasteiger partial charge < -0.3 is 5.73 Å². The Labute approximate surface area is 98.8 Å². The third-order valence-corrected chi connectivity index (χ3v) is 2.20. The van der Waals surface area contributed by atoms with Crippen LogP contribution >= 0.6 is 0 Å². The first-order chi connectivity index (χ1) is 7.66. The number of hydrogen-bond donors (Lipinski definition) is 1. The zero-order valence-corrected chi connectivity index (χ0v) is 11.0. The number of unbranched alkanes of at least 4 members (excludes halogenated alkanes) is 1. The molecule has 1 rings (SSSR count). The maximum absolute atomic E-state index is 5.80. The number of hydrogen-bond acceptors (Lipinski definition) is 3. The second kappa shape index (κ2) is 7.85. The maximum atomic E-state index is 5.80. The summed E-state index contributed by atoms with van der Waals surface area (Å²) in [6.45, 7) is 10.2. The van der Waals surface area contributed by atoms with Crippen LogP contribution in [0.15, 0.2) is 12.4 Å². The van der Waals surface area contributed by atoms with Gasteiger partial charge in [-0.25, -0.2) is 9.97 Å². The molecule has 90 valence electrons. The van der Waals surface area contributed by atoms with E-state index in [1.165, 1.54) is 11.9 Å². The fraction of sp³-hybridized carbons (Fsp3) is 0.538. The lowest BCUT2D eigenvalue weighted by Gasteiger charge is -2.07. The summed E-state index contributed by atoms with van der Waals surface area (Å²) in [5.74, 6) is 0.572. The topological polar surface area (TPSA) is 51.8 Å². The zero-order chi connectivity index (χ0) is 12.6. The van der Waals surface area contributed by atoms with Crippen molar-refractivity contribution in [2.24, 2.45) is 0 Å². The molecule has 0 amide bonds. The smallest absolute Gasteiger partial charge is 0.134 e. The molecule has 1 aromatic rings. The van der Waals surface area contributed by atoms with Crippen LogP contribution in [-0.4, -0.2) is 9.97 Å². The first kappa shape index (κ1) is 14.6. The molecular weight excluding hydrogens is 198 g/mol. The summed E-state index contributed by atoms with van der Waals surface area (Å²) in [4.78, 5) is 8.13. The van der Waals surface area contributed by atoms with Crippen molar-refractivity contribution in [3.8, 4) is 0 Å². The van der Waals surface area contributed by atoms with Gasteiger partial charge in [-0.15, -0.1) is 0 Å². The van der Waals surface area contributed by atoms with Gasteiger partial charge in [0.2, 0.25) is 0 Å². The van der Waals surface area contributed by atoms with E-state index in [-0.39, 0.29) is 0 Å². The van der Waals surface area contributed by atoms with Gasteiger partial charge in [0.05, 0.1) is 5.69 Å². The molecule has 1 aromatic heterocycles. The molecule has 0 spiro atoms. The van der Waals surface area contributed by atoms with E-state index in [0.29, 0.717) is 5.82 Å². The molecular formula is C13H23N3. The molecule has 2 N–H and O–H groups in total. The first-order valence-corrected chi connectivity index (χ1v) is 5.91. The molecule has 0 bridgehead atoms. The highest BCUT2D eigenvalue weighted by atomic mass is 14.9. The van der Waals surface area contributed by atoms with Gasteiger partial charge in [-0.05, 0) is 25.8 Å². The van der Waals surface area contributed by atoms with Crippen LogP contribution in [0, 0.1) is 6.92 Å². The van der Waals surface area contributed by atoms with Crippen LogP contribution in [0.4, 0.5) is 5.82 Å². The maximum Gasteiger partial charge on any atom is 0.134 e. The molecule has 16 heavy (non-hydrogen) atoms. The van der Waals surface area contributed by atoms with E-state index < -0.39 is 0 Å². The highest BCUT2D eigenvalue weighted by molar-refractivity contribution is 5.72. The lowest BCUT2D eigenvalue weighted by Crippen LogP contribution is -2.00. The van der Waals surface area contributed by atoms with Crippen molar-refractivity contribution in [2.75, 3.05) is 5.73 Å². The number of rotatable bonds is 3. The van der Waals surface area contributed by atoms with Crippen LogP contribution in [0.2, 0.25) is 0 Å². The number of aryl methyl sites for hydroxylation is 1. The summed E-state index contributed by atoms with van der Waals surface area (Å²) < 4.78 is 0. The fourth-order valence-electron chi connectivity index (χ4n) is 1.44. The Hall–Kier alpha value is -1.38. The predicted octanol–water partition coefficient (Wildman–Crippen LogP) is 3.60. The molecule has 0 saturated carbocycles. The van der Waals surface area contributed by atoms with E-state index in [0.717, 1.165) is 24.1 Å². The van der Waals surface area contributed by atoms with Gasteiger partial charge in [0.25, 0.3) is 0 Å². The lowest BCUT2D eigenvalue weighted by atomic mass is 10.1. The Morgan fingerprint density at radius 1 is 1.38 bits per heavy atom. The Kier molecular flexibility index (Phi) is 7.18. The predicted molar refractivity (Wildman–Crippen MR) is 71.1 cm³/mol. The summed E-state index contributed by atoms with van der Waals surface area (Å²) in [6, 6.07) is 0. The summed E-state index contributed by atoms with van der Waals surface area (Å²) in [5, 5.41) is 0. The number of allylic oxidation sites excluding steroid dienone is 2. The molecule has 0 aliphatic heterocycles. The van der Waals surface area contributed by atoms with Gasteiger partial charge in [0.1, 0.15) is 12.1 Å². The van der Waals surface area contributed by atoms with Crippen molar-refractivity contribution in [1.29, 1.82) is 0 Å². The molecule has 1 heterocycles. The van der Waals surface area contributed by atoms with E-state index in [9.17, 15) is 0 Å². The number of nitrogens with two attached hydrogens (primary N) is 1. The standard InChI is InChI=1S/C11H17N3.C2H6/c1-4-5-6-8(2)10-9(3)13-7-14-11(10)12;1-2/h6-7H,4-5H2,1-3H3,(H2,12,13,14);1-2H3/b8-6-;. The molecule has 0 saturated heterocycles. The minimum absolute atomic E-state index is 0.572. The van der Waals surface area contributed by atoms with E-state index in [2.05, 4.69) is 29.9 Å². The second-order valence-corrected chi connectivity index (χ2v) is 3.40. The van der Waals surface area contributed by atoms with E-state index in [1.807, 2.05) is 20.8 Å². The van der Waals surface area contributed by atoms with Gasteiger partial charge in [0, 0.05) is 5.56 Å². The number of anilines is 1. The van der Waals surface area contributed by atoms with Gasteiger partial charge in [0.15, 0.2) is 0 Å². The van der Waals surface area contributed by atoms with Crippen LogP contribution in [0.5, 0.6) is 0 Å². The summed E-state index contributed by atoms with van der Waals surface area (Å²) in [6.07, 6.45) is 5.90. The fourth-order valence-corrected chi connectivity index (χ4v) is 1.44. The minimum Gasteiger partial charge on any atom is -0.383 e. The van der Waals surface area contributed by atoms with E-state index in [1.54, 1.807) is 0 Å². The second-order valence-electron chi connectivity index (χ2n) is 3.40. The highest BCUT2D eigenvalue weighted by Gasteiger charge is 2.06. The van der Waals surface area contributed by atoms with E-state index in [4.69, 9.17) is 5.73 Å². The van der Waals surface area contributed by atoms with Gasteiger partial charge in [-0.3, -0.25) is 0 Å². The number of nitrogens with zero attached hydrogens (tertiary/aromatic N) is 2. The summed E-state index contributed by atoms with van der Waals surface area (Å²) >= 11 is 0. The normalized spacial score (nSPS) is 10.7. The van der Waals surface area contributed by atoms with Gasteiger partial charge in [-0.2, -0.15) is 0 Å². The Morgan fingerprint density at radius 3 is 2.50 bits per heavy atom. The van der Waals surface area contributed by atoms with Crippen LogP contribution < -0.4 is 5.73 Å². The average molecular weight is 221 g/mol. The largest absolute Gasteiger partial charge is 0.383 e. The summed E-state index contributed by atoms with van der Waals surface area (Å²) in [5.41, 5.74) is 8.90. The lowest BCUT2D eigenvalue weighted by molar-refractivity contribution is 0.958. The Balaban J connectivity index is 0.00000106. The third-order valence-electron chi connectivity index (χ3n) is 2.20. The van der Waals surface area contributed by atoms with Crippen molar-refractivity contribution in [2.45, 2.75) is 47.5 Å². The molecule has 3 nitrogen and oxygen atoms in total. The third kappa shape index (κ3) is 4.01. The molecule has 0 aliphatic carbocycles. The van der Waals surface area contributed by atoms with Crippen LogP contribution in [-0.2, 0) is 0 Å². The Morgan fingerprint density at radius 2 is 2.00 bits per heavy atom. The molecule has 0 unspecified atom stereocenters. The molecule has 0 radical (unpaired) electrons. The van der Waals surface area contributed by atoms with Crippen LogP contribution in [0.3, 0.4) is 0 Å². The summed E-state index contributed by atoms with van der Waals surface area (Å²) in [7, 11) is 0. The average Bonchev–Trinajstić information content (AvgIpc) is 2.29. The minimum atomic E-state index is 0.572. The molecule has 0 aromatic carbocycles. The molecule has 0 fully saturated rings. The molecule has 0 aliphatic rings. The van der Waals surface area contributed by atoms with Crippen LogP contribution in [0.1, 0.15) is 51.8 Å². The first-order valence-electron chi connectivity index (χ1n) is 5.91. The van der Waals surface area contributed by atoms with Crippen molar-refractivity contribution >= 4 is 11.4 Å². The van der Waals surface area contributed by atoms with Gasteiger partial charge in [-0.1, -0.05) is 33.3 Å². The molecule has 0 atom stereocenters. The van der Waals surface area contributed by atoms with Crippen molar-refractivity contribution in [3.63, 3.8) is 0 Å². The van der Waals surface area contributed by atoms with Crippen molar-refractivity contribution in [1.82, 2.24) is 9.97 Å². The number of nitrogen functional groups attached to an aromatic ring is 1. The zero-order valence-electron chi connectivity index (χ0n) is 11.0. The molecule has 3 heteroatoms.